The van der Waals surface area contributed by atoms with Gasteiger partial charge in [0, 0.05) is 42.3 Å². The van der Waals surface area contributed by atoms with E-state index in [0.717, 1.165) is 12.1 Å². The first-order chi connectivity index (χ1) is 17.8. The van der Waals surface area contributed by atoms with Crippen molar-refractivity contribution in [2.45, 2.75) is 37.4 Å². The summed E-state index contributed by atoms with van der Waals surface area (Å²) in [7, 11) is 1.26. The Kier molecular flexibility index (Phi) is 7.31. The number of fused-ring (bicyclic) bond motifs is 2. The number of piperidine rings is 1. The first-order valence-corrected chi connectivity index (χ1v) is 12.8. The standard InChI is InChI=1S/C25H26F2N4O5S/c1-35-25(34)21-19(10-31-15-6-13(8-20(32)33)7-16(31)12-36-11-15)29-23(24-28-4-5-37-24)30-22(21)14-2-3-17(26)18(27)9-14/h2-5,9,13,15-16,22H,6-8,10-12H2,1H3,(H,29,30)(H,32,33)/t13?,15?,16?,22-/m0/s1. The highest BCUT2D eigenvalue weighted by Gasteiger charge is 2.42. The zero-order valence-electron chi connectivity index (χ0n) is 20.0. The lowest BCUT2D eigenvalue weighted by Crippen LogP contribution is -2.58. The van der Waals surface area contributed by atoms with Crippen molar-refractivity contribution in [3.05, 3.63) is 63.3 Å². The molecular formula is C25H26F2N4O5S. The molecule has 0 spiro atoms. The molecule has 196 valence electrons. The highest BCUT2D eigenvalue weighted by molar-refractivity contribution is 7.11. The number of methoxy groups -OCH3 is 1. The van der Waals surface area contributed by atoms with Crippen molar-refractivity contribution >= 4 is 29.1 Å². The third kappa shape index (κ3) is 5.27. The number of benzene rings is 1. The van der Waals surface area contributed by atoms with E-state index in [9.17, 15) is 23.5 Å². The van der Waals surface area contributed by atoms with Gasteiger partial charge in [0.1, 0.15) is 6.04 Å². The van der Waals surface area contributed by atoms with Gasteiger partial charge in [-0.25, -0.2) is 18.6 Å². The summed E-state index contributed by atoms with van der Waals surface area (Å²) in [5.41, 5.74) is 1.02. The molecule has 2 fully saturated rings. The summed E-state index contributed by atoms with van der Waals surface area (Å²) in [5.74, 6) is -3.04. The minimum atomic E-state index is -1.04. The van der Waals surface area contributed by atoms with Crippen LogP contribution in [-0.4, -0.2) is 71.7 Å². The summed E-state index contributed by atoms with van der Waals surface area (Å²) in [6, 6.07) is 2.43. The topological polar surface area (TPSA) is 113 Å². The minimum Gasteiger partial charge on any atom is -0.481 e. The monoisotopic (exact) mass is 532 g/mol. The summed E-state index contributed by atoms with van der Waals surface area (Å²) in [6.45, 7) is 1.22. The molecule has 2 unspecified atom stereocenters. The lowest BCUT2D eigenvalue weighted by molar-refractivity contribution is -0.141. The molecule has 3 aliphatic rings. The molecule has 1 aromatic carbocycles. The third-order valence-corrected chi connectivity index (χ3v) is 7.78. The molecule has 5 rings (SSSR count). The van der Waals surface area contributed by atoms with Crippen LogP contribution in [0.25, 0.3) is 0 Å². The maximum atomic E-state index is 14.2. The van der Waals surface area contributed by atoms with E-state index in [4.69, 9.17) is 9.47 Å². The van der Waals surface area contributed by atoms with Crippen molar-refractivity contribution in [2.24, 2.45) is 10.9 Å². The molecule has 0 amide bonds. The van der Waals surface area contributed by atoms with E-state index in [1.54, 1.807) is 11.6 Å². The largest absolute Gasteiger partial charge is 0.481 e. The van der Waals surface area contributed by atoms with Crippen LogP contribution in [0.15, 0.2) is 46.0 Å². The fourth-order valence-corrected chi connectivity index (χ4v) is 5.99. The number of carbonyl (C=O) groups excluding carboxylic acids is 1. The van der Waals surface area contributed by atoms with Crippen molar-refractivity contribution < 1.29 is 33.0 Å². The van der Waals surface area contributed by atoms with Gasteiger partial charge in [0.2, 0.25) is 0 Å². The highest BCUT2D eigenvalue weighted by Crippen LogP contribution is 2.37. The number of aliphatic carboxylic acids is 1. The molecule has 2 bridgehead atoms. The minimum absolute atomic E-state index is 0.0334. The quantitative estimate of drug-likeness (QED) is 0.524. The Morgan fingerprint density at radius 2 is 2.00 bits per heavy atom. The number of ether oxygens (including phenoxy) is 2. The van der Waals surface area contributed by atoms with E-state index in [1.807, 2.05) is 0 Å². The van der Waals surface area contributed by atoms with Gasteiger partial charge >= 0.3 is 11.9 Å². The predicted molar refractivity (Wildman–Crippen MR) is 130 cm³/mol. The Bertz CT molecular complexity index is 1240. The fraction of sp³-hybridized carbons (Fsp3) is 0.440. The van der Waals surface area contributed by atoms with Gasteiger partial charge in [-0.3, -0.25) is 14.7 Å². The first kappa shape index (κ1) is 25.4. The molecule has 0 aliphatic carbocycles. The van der Waals surface area contributed by atoms with Crippen molar-refractivity contribution in [1.82, 2.24) is 15.2 Å². The van der Waals surface area contributed by atoms with Crippen molar-refractivity contribution in [3.63, 3.8) is 0 Å². The van der Waals surface area contributed by atoms with E-state index in [1.165, 1.54) is 24.5 Å². The van der Waals surface area contributed by atoms with Gasteiger partial charge in [0.15, 0.2) is 22.5 Å². The summed E-state index contributed by atoms with van der Waals surface area (Å²) in [4.78, 5) is 35.6. The Morgan fingerprint density at radius 3 is 2.62 bits per heavy atom. The zero-order valence-corrected chi connectivity index (χ0v) is 20.8. The molecule has 0 saturated carbocycles. The molecule has 2 saturated heterocycles. The van der Waals surface area contributed by atoms with Crippen LogP contribution in [0.1, 0.15) is 35.9 Å². The van der Waals surface area contributed by atoms with Gasteiger partial charge in [0.25, 0.3) is 0 Å². The first-order valence-electron chi connectivity index (χ1n) is 11.9. The van der Waals surface area contributed by atoms with Gasteiger partial charge in [-0.1, -0.05) is 6.07 Å². The summed E-state index contributed by atoms with van der Waals surface area (Å²) in [5, 5.41) is 14.9. The number of nitrogens with zero attached hydrogens (tertiary/aromatic N) is 3. The number of aromatic nitrogens is 1. The second-order valence-corrected chi connectivity index (χ2v) is 10.2. The summed E-state index contributed by atoms with van der Waals surface area (Å²) in [6.07, 6.45) is 3.05. The lowest BCUT2D eigenvalue weighted by atomic mass is 9.82. The molecule has 4 heterocycles. The van der Waals surface area contributed by atoms with E-state index >= 15 is 0 Å². The number of amidine groups is 1. The van der Waals surface area contributed by atoms with Crippen LogP contribution in [0.2, 0.25) is 0 Å². The molecule has 2 aromatic rings. The Balaban J connectivity index is 1.54. The van der Waals surface area contributed by atoms with E-state index < -0.39 is 29.6 Å². The number of nitrogens with one attached hydrogen (secondary N) is 1. The molecule has 0 radical (unpaired) electrons. The van der Waals surface area contributed by atoms with Gasteiger partial charge < -0.3 is 19.9 Å². The van der Waals surface area contributed by atoms with Crippen molar-refractivity contribution in [1.29, 1.82) is 0 Å². The number of carboxylic acids is 1. The highest BCUT2D eigenvalue weighted by atomic mass is 32.1. The maximum Gasteiger partial charge on any atom is 0.338 e. The van der Waals surface area contributed by atoms with Crippen LogP contribution in [0.4, 0.5) is 8.78 Å². The van der Waals surface area contributed by atoms with Crippen LogP contribution in [0, 0.1) is 17.6 Å². The van der Waals surface area contributed by atoms with E-state index in [0.29, 0.717) is 54.7 Å². The van der Waals surface area contributed by atoms with Crippen LogP contribution in [0.3, 0.4) is 0 Å². The van der Waals surface area contributed by atoms with Gasteiger partial charge in [0.05, 0.1) is 25.9 Å². The number of halogens is 2. The zero-order chi connectivity index (χ0) is 26.1. The molecule has 2 N–H and O–H groups in total. The van der Waals surface area contributed by atoms with Crippen molar-refractivity contribution in [2.75, 3.05) is 26.9 Å². The number of rotatable bonds is 7. The average Bonchev–Trinajstić information content (AvgIpc) is 3.40. The van der Waals surface area contributed by atoms with Crippen LogP contribution in [-0.2, 0) is 19.1 Å². The molecular weight excluding hydrogens is 506 g/mol. The third-order valence-electron chi connectivity index (χ3n) is 7.00. The normalized spacial score (nSPS) is 25.9. The second-order valence-electron chi connectivity index (χ2n) is 9.35. The van der Waals surface area contributed by atoms with Crippen molar-refractivity contribution in [3.8, 4) is 0 Å². The summed E-state index contributed by atoms with van der Waals surface area (Å²) >= 11 is 1.35. The molecule has 9 nitrogen and oxygen atoms in total. The summed E-state index contributed by atoms with van der Waals surface area (Å²) < 4.78 is 38.8. The predicted octanol–water partition coefficient (Wildman–Crippen LogP) is 2.89. The van der Waals surface area contributed by atoms with Gasteiger partial charge in [-0.05, 0) is 36.5 Å². The molecule has 1 aromatic heterocycles. The molecule has 3 aliphatic heterocycles. The number of aliphatic imine (C=N–C) groups is 1. The number of hydrogen-bond donors (Lipinski definition) is 2. The molecule has 37 heavy (non-hydrogen) atoms. The molecule has 3 atom stereocenters. The Hall–Kier alpha value is -3.22. The Morgan fingerprint density at radius 1 is 1.24 bits per heavy atom. The van der Waals surface area contributed by atoms with E-state index in [2.05, 4.69) is 20.2 Å². The smallest absolute Gasteiger partial charge is 0.338 e. The van der Waals surface area contributed by atoms with Crippen LogP contribution in [0.5, 0.6) is 0 Å². The number of carboxylic acid groups (broad SMARTS) is 1. The van der Waals surface area contributed by atoms with Crippen LogP contribution >= 0.6 is 11.3 Å². The Labute approximate surface area is 215 Å². The van der Waals surface area contributed by atoms with Gasteiger partial charge in [-0.15, -0.1) is 11.3 Å². The van der Waals surface area contributed by atoms with Crippen LogP contribution < -0.4 is 5.32 Å². The van der Waals surface area contributed by atoms with E-state index in [-0.39, 0.29) is 30.0 Å². The maximum absolute atomic E-state index is 14.2. The number of morpholine rings is 1. The number of carbonyl (C=O) groups is 2. The fourth-order valence-electron chi connectivity index (χ4n) is 5.40. The molecule has 12 heteroatoms. The second kappa shape index (κ2) is 10.6. The number of esters is 1. The SMILES string of the molecule is COC(=O)C1=C(CN2C3COCC2CC(CC(=O)O)C3)NC(c2nccs2)=N[C@H]1c1ccc(F)c(F)c1. The lowest BCUT2D eigenvalue weighted by Gasteiger charge is -2.49. The van der Waals surface area contributed by atoms with Gasteiger partial charge in [-0.2, -0.15) is 0 Å². The number of hydrogen-bond acceptors (Lipinski definition) is 9. The average molecular weight is 533 g/mol. The number of thiazole rings is 1.